The number of unbranched alkanes of at least 4 members (excludes halogenated alkanes) is 2. The second-order valence-corrected chi connectivity index (χ2v) is 5.75. The van der Waals surface area contributed by atoms with E-state index in [1.165, 1.54) is 50.8 Å². The minimum Gasteiger partial charge on any atom is -0.225 e. The van der Waals surface area contributed by atoms with Crippen LogP contribution < -0.4 is 0 Å². The van der Waals surface area contributed by atoms with Gasteiger partial charge in [0.1, 0.15) is 0 Å². The fourth-order valence-corrected chi connectivity index (χ4v) is 3.13. The lowest BCUT2D eigenvalue weighted by Gasteiger charge is -2.28. The topological polar surface area (TPSA) is 12.9 Å². The molecule has 1 aromatic rings. The predicted octanol–water partition coefficient (Wildman–Crippen LogP) is 5.21. The summed E-state index contributed by atoms with van der Waals surface area (Å²) in [4.78, 5) is 3.49. The van der Waals surface area contributed by atoms with Crippen LogP contribution in [0.3, 0.4) is 0 Å². The molecule has 3 heteroatoms. The van der Waals surface area contributed by atoms with Gasteiger partial charge in [0.05, 0.1) is 0 Å². The quantitative estimate of drug-likeness (QED) is 0.527. The molecule has 0 N–H and O–H groups in total. The smallest absolute Gasteiger partial charge is 0.225 e. The van der Waals surface area contributed by atoms with Gasteiger partial charge in [-0.2, -0.15) is 4.39 Å². The van der Waals surface area contributed by atoms with Gasteiger partial charge < -0.3 is 0 Å². The molecule has 1 heterocycles. The summed E-state index contributed by atoms with van der Waals surface area (Å²) >= 11 is 0. The van der Waals surface area contributed by atoms with E-state index in [0.29, 0.717) is 5.92 Å². The lowest BCUT2D eigenvalue weighted by Crippen LogP contribution is -2.14. The third-order valence-electron chi connectivity index (χ3n) is 4.35. The normalized spacial score (nSPS) is 23.5. The van der Waals surface area contributed by atoms with Crippen LogP contribution in [0.25, 0.3) is 0 Å². The summed E-state index contributed by atoms with van der Waals surface area (Å²) in [6, 6.07) is 1.32. The van der Waals surface area contributed by atoms with Crippen molar-refractivity contribution in [1.29, 1.82) is 0 Å². The summed E-state index contributed by atoms with van der Waals surface area (Å²) in [5.74, 6) is -0.606. The summed E-state index contributed by atoms with van der Waals surface area (Å²) in [6.45, 7) is 2.23. The zero-order chi connectivity index (χ0) is 13.7. The van der Waals surface area contributed by atoms with Crippen LogP contribution in [-0.2, 0) is 0 Å². The van der Waals surface area contributed by atoms with Crippen molar-refractivity contribution in [3.05, 3.63) is 29.6 Å². The average Bonchev–Trinajstić information content (AvgIpc) is 2.43. The fraction of sp³-hybridized carbons (Fsp3) is 0.688. The number of pyridine rings is 1. The van der Waals surface area contributed by atoms with E-state index in [9.17, 15) is 8.78 Å². The first-order valence-corrected chi connectivity index (χ1v) is 7.51. The molecule has 0 spiro atoms. The Bertz CT molecular complexity index is 398. The molecule has 1 aliphatic rings. The second-order valence-electron chi connectivity index (χ2n) is 5.75. The highest BCUT2D eigenvalue weighted by atomic mass is 19.2. The van der Waals surface area contributed by atoms with Gasteiger partial charge >= 0.3 is 0 Å². The molecule has 1 saturated carbocycles. The Labute approximate surface area is 114 Å². The maximum Gasteiger partial charge on any atom is 0.248 e. The molecular weight excluding hydrogens is 244 g/mol. The Morgan fingerprint density at radius 1 is 1.16 bits per heavy atom. The zero-order valence-electron chi connectivity index (χ0n) is 11.7. The predicted molar refractivity (Wildman–Crippen MR) is 73.0 cm³/mol. The molecule has 1 aliphatic carbocycles. The van der Waals surface area contributed by atoms with Crippen molar-refractivity contribution in [2.75, 3.05) is 0 Å². The van der Waals surface area contributed by atoms with Crippen LogP contribution >= 0.6 is 0 Å². The second kappa shape index (κ2) is 6.97. The van der Waals surface area contributed by atoms with Crippen LogP contribution in [0.15, 0.2) is 12.3 Å². The lowest BCUT2D eigenvalue weighted by molar-refractivity contribution is 0.301. The molecule has 0 aliphatic heterocycles. The number of hydrogen-bond acceptors (Lipinski definition) is 1. The van der Waals surface area contributed by atoms with Crippen LogP contribution in [0.1, 0.15) is 69.8 Å². The van der Waals surface area contributed by atoms with Gasteiger partial charge in [0.25, 0.3) is 0 Å². The van der Waals surface area contributed by atoms with Crippen LogP contribution in [0.4, 0.5) is 8.78 Å². The number of nitrogens with zero attached hydrogens (tertiary/aromatic N) is 1. The molecule has 1 nitrogen and oxygen atoms in total. The van der Waals surface area contributed by atoms with Crippen molar-refractivity contribution in [2.45, 2.75) is 64.2 Å². The van der Waals surface area contributed by atoms with Crippen LogP contribution in [0, 0.1) is 17.7 Å². The highest BCUT2D eigenvalue weighted by Gasteiger charge is 2.23. The van der Waals surface area contributed by atoms with Crippen LogP contribution in [-0.4, -0.2) is 4.98 Å². The molecule has 0 bridgehead atoms. The zero-order valence-corrected chi connectivity index (χ0v) is 11.7. The number of hydrogen-bond donors (Lipinski definition) is 0. The molecule has 1 aromatic heterocycles. The van der Waals surface area contributed by atoms with Crippen molar-refractivity contribution in [3.63, 3.8) is 0 Å². The van der Waals surface area contributed by atoms with Gasteiger partial charge in [0.2, 0.25) is 5.95 Å². The highest BCUT2D eigenvalue weighted by molar-refractivity contribution is 5.17. The van der Waals surface area contributed by atoms with Gasteiger partial charge in [0, 0.05) is 6.20 Å². The SMILES string of the molecule is CCCCC[C@H]1CC[C@H](c2cnc(F)c(F)c2)CC1. The summed E-state index contributed by atoms with van der Waals surface area (Å²) in [7, 11) is 0. The Kier molecular flexibility index (Phi) is 5.29. The van der Waals surface area contributed by atoms with E-state index in [0.717, 1.165) is 24.3 Å². The number of rotatable bonds is 5. The van der Waals surface area contributed by atoms with Crippen molar-refractivity contribution in [2.24, 2.45) is 5.92 Å². The van der Waals surface area contributed by atoms with Crippen molar-refractivity contribution in [3.8, 4) is 0 Å². The maximum atomic E-state index is 13.2. The van der Waals surface area contributed by atoms with Crippen molar-refractivity contribution >= 4 is 0 Å². The minimum atomic E-state index is -0.989. The number of aromatic nitrogens is 1. The van der Waals surface area contributed by atoms with Gasteiger partial charge in [-0.15, -0.1) is 0 Å². The first-order chi connectivity index (χ1) is 9.20. The molecule has 0 amide bonds. The van der Waals surface area contributed by atoms with E-state index in [1.54, 1.807) is 0 Å². The van der Waals surface area contributed by atoms with E-state index in [2.05, 4.69) is 11.9 Å². The largest absolute Gasteiger partial charge is 0.248 e. The summed E-state index contributed by atoms with van der Waals surface area (Å²) in [5, 5.41) is 0. The van der Waals surface area contributed by atoms with Gasteiger partial charge in [0.15, 0.2) is 5.82 Å². The fourth-order valence-electron chi connectivity index (χ4n) is 3.13. The first-order valence-electron chi connectivity index (χ1n) is 7.51. The van der Waals surface area contributed by atoms with Crippen molar-refractivity contribution in [1.82, 2.24) is 4.98 Å². The summed E-state index contributed by atoms with van der Waals surface area (Å²) in [5.41, 5.74) is 0.867. The van der Waals surface area contributed by atoms with Gasteiger partial charge in [-0.3, -0.25) is 0 Å². The summed E-state index contributed by atoms with van der Waals surface area (Å²) < 4.78 is 26.0. The standard InChI is InChI=1S/C16H23F2N/c1-2-3-4-5-12-6-8-13(9-7-12)14-10-15(17)16(18)19-11-14/h10-13H,2-9H2,1H3/t12-,13-. The molecule has 106 valence electrons. The Morgan fingerprint density at radius 3 is 2.53 bits per heavy atom. The van der Waals surface area contributed by atoms with E-state index in [-0.39, 0.29) is 0 Å². The highest BCUT2D eigenvalue weighted by Crippen LogP contribution is 2.37. The minimum absolute atomic E-state index is 0.366. The van der Waals surface area contributed by atoms with Crippen LogP contribution in [0.5, 0.6) is 0 Å². The van der Waals surface area contributed by atoms with E-state index in [4.69, 9.17) is 0 Å². The number of halogens is 2. The van der Waals surface area contributed by atoms with Gasteiger partial charge in [-0.25, -0.2) is 9.37 Å². The van der Waals surface area contributed by atoms with Crippen LogP contribution in [0.2, 0.25) is 0 Å². The first kappa shape index (κ1) is 14.4. The molecule has 0 saturated heterocycles. The van der Waals surface area contributed by atoms with Crippen molar-refractivity contribution < 1.29 is 8.78 Å². The molecule has 2 rings (SSSR count). The van der Waals surface area contributed by atoms with Gasteiger partial charge in [-0.1, -0.05) is 32.6 Å². The molecular formula is C16H23F2N. The molecule has 0 unspecified atom stereocenters. The van der Waals surface area contributed by atoms with E-state index in [1.807, 2.05) is 0 Å². The Hall–Kier alpha value is -0.990. The lowest BCUT2D eigenvalue weighted by atomic mass is 9.77. The average molecular weight is 267 g/mol. The van der Waals surface area contributed by atoms with E-state index >= 15 is 0 Å². The summed E-state index contributed by atoms with van der Waals surface area (Å²) in [6.07, 6.45) is 11.4. The molecule has 19 heavy (non-hydrogen) atoms. The molecule has 0 radical (unpaired) electrons. The third-order valence-corrected chi connectivity index (χ3v) is 4.35. The molecule has 0 atom stereocenters. The third kappa shape index (κ3) is 3.99. The Morgan fingerprint density at radius 2 is 1.89 bits per heavy atom. The van der Waals surface area contributed by atoms with E-state index < -0.39 is 11.8 Å². The monoisotopic (exact) mass is 267 g/mol. The Balaban J connectivity index is 1.84. The maximum absolute atomic E-state index is 13.2. The van der Waals surface area contributed by atoms with Gasteiger partial charge in [-0.05, 0) is 49.1 Å². The molecule has 1 fully saturated rings. The molecule has 0 aromatic carbocycles.